The van der Waals surface area contributed by atoms with Crippen molar-refractivity contribution >= 4 is 5.82 Å². The average Bonchev–Trinajstić information content (AvgIpc) is 2.36. The lowest BCUT2D eigenvalue weighted by molar-refractivity contribution is -0.141. The Hall–Kier alpha value is -1.41. The summed E-state index contributed by atoms with van der Waals surface area (Å²) in [4.78, 5) is 7.26. The highest BCUT2D eigenvalue weighted by molar-refractivity contribution is 5.37. The van der Waals surface area contributed by atoms with Gasteiger partial charge in [-0.25, -0.2) is 9.97 Å². The van der Waals surface area contributed by atoms with Crippen molar-refractivity contribution in [3.05, 3.63) is 17.6 Å². The van der Waals surface area contributed by atoms with Crippen LogP contribution in [-0.2, 0) is 10.9 Å². The van der Waals surface area contributed by atoms with Crippen LogP contribution in [0.1, 0.15) is 24.4 Å². The second kappa shape index (κ2) is 5.53. The van der Waals surface area contributed by atoms with Crippen molar-refractivity contribution in [1.29, 1.82) is 0 Å². The minimum Gasteiger partial charge on any atom is -0.388 e. The smallest absolute Gasteiger partial charge is 0.388 e. The number of rotatable bonds is 3. The molecule has 1 aromatic rings. The molecule has 1 aromatic heterocycles. The van der Waals surface area contributed by atoms with Crippen molar-refractivity contribution in [1.82, 2.24) is 9.97 Å². The largest absolute Gasteiger partial charge is 0.433 e. The molecule has 8 heteroatoms. The topological polar surface area (TPSA) is 67.3 Å². The zero-order chi connectivity index (χ0) is 14.8. The predicted octanol–water partition coefficient (Wildman–Crippen LogP) is 1.76. The molecule has 1 saturated heterocycles. The summed E-state index contributed by atoms with van der Waals surface area (Å²) in [6.45, 7) is 2.40. The van der Waals surface area contributed by atoms with Gasteiger partial charge in [0.25, 0.3) is 0 Å². The van der Waals surface area contributed by atoms with E-state index in [0.29, 0.717) is 26.1 Å². The summed E-state index contributed by atoms with van der Waals surface area (Å²) in [6.07, 6.45) is -3.63. The Morgan fingerprint density at radius 3 is 2.60 bits per heavy atom. The number of nitrogens with one attached hydrogen (secondary N) is 1. The molecule has 0 unspecified atom stereocenters. The number of anilines is 1. The van der Waals surface area contributed by atoms with Crippen LogP contribution >= 0.6 is 0 Å². The predicted molar refractivity (Wildman–Crippen MR) is 65.3 cm³/mol. The van der Waals surface area contributed by atoms with E-state index in [9.17, 15) is 18.3 Å². The number of hydrogen-bond donors (Lipinski definition) is 2. The molecule has 0 bridgehead atoms. The summed E-state index contributed by atoms with van der Waals surface area (Å²) in [5, 5.41) is 13.0. The highest BCUT2D eigenvalue weighted by atomic mass is 19.4. The molecule has 2 N–H and O–H groups in total. The van der Waals surface area contributed by atoms with Crippen molar-refractivity contribution in [2.45, 2.75) is 31.5 Å². The van der Waals surface area contributed by atoms with Gasteiger partial charge in [-0.15, -0.1) is 0 Å². The van der Waals surface area contributed by atoms with E-state index < -0.39 is 17.5 Å². The summed E-state index contributed by atoms with van der Waals surface area (Å²) in [5.41, 5.74) is -1.97. The maximum Gasteiger partial charge on any atom is 0.433 e. The minimum absolute atomic E-state index is 0.0290. The zero-order valence-corrected chi connectivity index (χ0v) is 11.0. The van der Waals surface area contributed by atoms with E-state index in [1.807, 2.05) is 0 Å². The maximum atomic E-state index is 12.6. The monoisotopic (exact) mass is 291 g/mol. The highest BCUT2D eigenvalue weighted by Gasteiger charge is 2.34. The molecule has 5 nitrogen and oxygen atoms in total. The fourth-order valence-electron chi connectivity index (χ4n) is 1.99. The van der Waals surface area contributed by atoms with E-state index in [0.717, 1.165) is 6.07 Å². The number of aliphatic hydroxyl groups is 1. The zero-order valence-electron chi connectivity index (χ0n) is 11.0. The van der Waals surface area contributed by atoms with Gasteiger partial charge in [0.15, 0.2) is 0 Å². The van der Waals surface area contributed by atoms with Crippen molar-refractivity contribution in [2.75, 3.05) is 25.1 Å². The quantitative estimate of drug-likeness (QED) is 0.888. The second-order valence-electron chi connectivity index (χ2n) is 4.87. The van der Waals surface area contributed by atoms with Crippen molar-refractivity contribution < 1.29 is 23.0 Å². The van der Waals surface area contributed by atoms with E-state index in [-0.39, 0.29) is 18.2 Å². The number of aromatic nitrogens is 2. The summed E-state index contributed by atoms with van der Waals surface area (Å²) in [5.74, 6) is 0.0889. The van der Waals surface area contributed by atoms with Crippen molar-refractivity contribution in [3.63, 3.8) is 0 Å². The van der Waals surface area contributed by atoms with Crippen molar-refractivity contribution in [3.8, 4) is 0 Å². The van der Waals surface area contributed by atoms with Gasteiger partial charge in [-0.1, -0.05) is 0 Å². The standard InChI is InChI=1S/C12H16F3N3O2/c1-8-17-9(12(13,14)15)6-10(18-8)16-7-11(19)2-4-20-5-3-11/h6,19H,2-5,7H2,1H3,(H,16,17,18). The summed E-state index contributed by atoms with van der Waals surface area (Å²) >= 11 is 0. The van der Waals surface area contributed by atoms with Gasteiger partial charge in [0, 0.05) is 38.7 Å². The van der Waals surface area contributed by atoms with Crippen LogP contribution in [0.5, 0.6) is 0 Å². The Bertz CT molecular complexity index is 474. The van der Waals surface area contributed by atoms with Crippen LogP contribution in [0.2, 0.25) is 0 Å². The number of ether oxygens (including phenoxy) is 1. The number of nitrogens with zero attached hydrogens (tertiary/aromatic N) is 2. The molecule has 1 aliphatic rings. The first-order valence-electron chi connectivity index (χ1n) is 6.25. The molecule has 0 spiro atoms. The Balaban J connectivity index is 2.07. The van der Waals surface area contributed by atoms with Crippen molar-refractivity contribution in [2.24, 2.45) is 0 Å². The molecular formula is C12H16F3N3O2. The van der Waals surface area contributed by atoms with Gasteiger partial charge in [-0.2, -0.15) is 13.2 Å². The Morgan fingerprint density at radius 1 is 1.35 bits per heavy atom. The Morgan fingerprint density at radius 2 is 2.00 bits per heavy atom. The number of aryl methyl sites for hydroxylation is 1. The highest BCUT2D eigenvalue weighted by Crippen LogP contribution is 2.29. The molecule has 2 rings (SSSR count). The van der Waals surface area contributed by atoms with Crippen LogP contribution in [0.4, 0.5) is 19.0 Å². The Labute approximate surface area is 114 Å². The molecule has 20 heavy (non-hydrogen) atoms. The van der Waals surface area contributed by atoms with Gasteiger partial charge in [0.2, 0.25) is 0 Å². The van der Waals surface area contributed by atoms with Gasteiger partial charge < -0.3 is 15.2 Å². The molecule has 2 heterocycles. The number of alkyl halides is 3. The lowest BCUT2D eigenvalue weighted by atomic mass is 9.94. The summed E-state index contributed by atoms with van der Waals surface area (Å²) in [6, 6.07) is 0.843. The third-order valence-corrected chi connectivity index (χ3v) is 3.15. The first kappa shape index (κ1) is 15.0. The van der Waals surface area contributed by atoms with Gasteiger partial charge in [-0.05, 0) is 6.92 Å². The van der Waals surface area contributed by atoms with E-state index >= 15 is 0 Å². The first-order chi connectivity index (χ1) is 9.28. The SMILES string of the molecule is Cc1nc(NCC2(O)CCOCC2)cc(C(F)(F)F)n1. The summed E-state index contributed by atoms with van der Waals surface area (Å²) < 4.78 is 43.0. The van der Waals surface area contributed by atoms with Crippen LogP contribution in [0.15, 0.2) is 6.07 Å². The van der Waals surface area contributed by atoms with Gasteiger partial charge in [0.1, 0.15) is 17.3 Å². The molecule has 1 fully saturated rings. The fraction of sp³-hybridized carbons (Fsp3) is 0.667. The van der Waals surface area contributed by atoms with E-state index in [2.05, 4.69) is 15.3 Å². The van der Waals surface area contributed by atoms with Gasteiger partial charge in [-0.3, -0.25) is 0 Å². The second-order valence-corrected chi connectivity index (χ2v) is 4.87. The van der Waals surface area contributed by atoms with E-state index in [1.54, 1.807) is 0 Å². The molecule has 0 saturated carbocycles. The summed E-state index contributed by atoms with van der Waals surface area (Å²) in [7, 11) is 0. The number of hydrogen-bond acceptors (Lipinski definition) is 5. The Kier molecular flexibility index (Phi) is 4.14. The molecule has 1 aliphatic heterocycles. The van der Waals surface area contributed by atoms with Crippen LogP contribution in [0, 0.1) is 6.92 Å². The third-order valence-electron chi connectivity index (χ3n) is 3.15. The molecule has 0 aliphatic carbocycles. The molecule has 0 aromatic carbocycles. The lowest BCUT2D eigenvalue weighted by Gasteiger charge is -2.32. The van der Waals surface area contributed by atoms with E-state index in [1.165, 1.54) is 6.92 Å². The third kappa shape index (κ3) is 3.80. The lowest BCUT2D eigenvalue weighted by Crippen LogP contribution is -2.42. The number of halogens is 3. The molecule has 0 amide bonds. The maximum absolute atomic E-state index is 12.6. The first-order valence-corrected chi connectivity index (χ1v) is 6.25. The van der Waals surface area contributed by atoms with Gasteiger partial charge >= 0.3 is 6.18 Å². The normalized spacial score (nSPS) is 18.9. The molecule has 112 valence electrons. The average molecular weight is 291 g/mol. The molecule has 0 atom stereocenters. The molecule has 0 radical (unpaired) electrons. The van der Waals surface area contributed by atoms with E-state index in [4.69, 9.17) is 4.74 Å². The fourth-order valence-corrected chi connectivity index (χ4v) is 1.99. The molecular weight excluding hydrogens is 275 g/mol. The van der Waals surface area contributed by atoms with Crippen LogP contribution in [0.25, 0.3) is 0 Å². The van der Waals surface area contributed by atoms with Crippen LogP contribution in [-0.4, -0.2) is 40.4 Å². The van der Waals surface area contributed by atoms with Crippen LogP contribution in [0.3, 0.4) is 0 Å². The van der Waals surface area contributed by atoms with Gasteiger partial charge in [0.05, 0.1) is 5.60 Å². The minimum atomic E-state index is -4.51. The van der Waals surface area contributed by atoms with Crippen LogP contribution < -0.4 is 5.32 Å².